The van der Waals surface area contributed by atoms with Crippen LogP contribution in [-0.4, -0.2) is 20.9 Å². The average Bonchev–Trinajstić information content (AvgIpc) is 3.00. The van der Waals surface area contributed by atoms with Gasteiger partial charge in [0, 0.05) is 18.8 Å². The van der Waals surface area contributed by atoms with Crippen LogP contribution in [0.3, 0.4) is 0 Å². The van der Waals surface area contributed by atoms with Crippen molar-refractivity contribution in [1.82, 2.24) is 9.78 Å². The van der Waals surface area contributed by atoms with E-state index in [-0.39, 0.29) is 5.56 Å². The van der Waals surface area contributed by atoms with E-state index < -0.39 is 5.97 Å². The molecule has 0 atom stereocenters. The first-order valence-corrected chi connectivity index (χ1v) is 7.16. The van der Waals surface area contributed by atoms with Crippen LogP contribution < -0.4 is 4.74 Å². The molecule has 3 rings (SSSR count). The summed E-state index contributed by atoms with van der Waals surface area (Å²) in [5, 5.41) is 13.5. The first-order chi connectivity index (χ1) is 11.1. The Kier molecular flexibility index (Phi) is 4.10. The van der Waals surface area contributed by atoms with Crippen LogP contribution in [0.5, 0.6) is 5.75 Å². The largest absolute Gasteiger partial charge is 0.488 e. The van der Waals surface area contributed by atoms with Crippen LogP contribution in [-0.2, 0) is 13.7 Å². The van der Waals surface area contributed by atoms with Gasteiger partial charge in [-0.1, -0.05) is 36.4 Å². The van der Waals surface area contributed by atoms with E-state index in [2.05, 4.69) is 5.10 Å². The van der Waals surface area contributed by atoms with Crippen LogP contribution in [0.2, 0.25) is 0 Å². The van der Waals surface area contributed by atoms with Gasteiger partial charge in [-0.05, 0) is 23.3 Å². The Balaban J connectivity index is 1.87. The topological polar surface area (TPSA) is 64.3 Å². The molecule has 0 fully saturated rings. The predicted octanol–water partition coefficient (Wildman–Crippen LogP) is 3.36. The molecule has 0 spiro atoms. The maximum absolute atomic E-state index is 11.5. The minimum Gasteiger partial charge on any atom is -0.488 e. The maximum Gasteiger partial charge on any atom is 0.339 e. The second-order valence-corrected chi connectivity index (χ2v) is 5.19. The lowest BCUT2D eigenvalue weighted by Gasteiger charge is -2.10. The summed E-state index contributed by atoms with van der Waals surface area (Å²) in [4.78, 5) is 11.5. The van der Waals surface area contributed by atoms with Crippen molar-refractivity contribution < 1.29 is 14.6 Å². The molecule has 23 heavy (non-hydrogen) atoms. The fourth-order valence-corrected chi connectivity index (χ4v) is 2.31. The third-order valence-electron chi connectivity index (χ3n) is 3.49. The Morgan fingerprint density at radius 3 is 2.61 bits per heavy atom. The van der Waals surface area contributed by atoms with Crippen molar-refractivity contribution in [3.8, 4) is 16.9 Å². The molecule has 0 saturated heterocycles. The monoisotopic (exact) mass is 308 g/mol. The van der Waals surface area contributed by atoms with Crippen molar-refractivity contribution in [2.75, 3.05) is 0 Å². The Labute approximate surface area is 133 Å². The molecular formula is C18H16N2O3. The lowest BCUT2D eigenvalue weighted by Crippen LogP contribution is -2.03. The van der Waals surface area contributed by atoms with E-state index in [0.717, 1.165) is 16.7 Å². The molecule has 2 aromatic carbocycles. The average molecular weight is 308 g/mol. The van der Waals surface area contributed by atoms with E-state index in [1.165, 1.54) is 0 Å². The summed E-state index contributed by atoms with van der Waals surface area (Å²) in [5.41, 5.74) is 2.79. The van der Waals surface area contributed by atoms with Crippen molar-refractivity contribution in [2.45, 2.75) is 6.61 Å². The number of aromatic carboxylic acids is 1. The molecule has 1 heterocycles. The quantitative estimate of drug-likeness (QED) is 0.785. The third kappa shape index (κ3) is 3.40. The van der Waals surface area contributed by atoms with Gasteiger partial charge in [-0.3, -0.25) is 4.68 Å². The van der Waals surface area contributed by atoms with E-state index in [1.807, 2.05) is 49.6 Å². The van der Waals surface area contributed by atoms with Gasteiger partial charge in [-0.25, -0.2) is 4.79 Å². The highest BCUT2D eigenvalue weighted by molar-refractivity contribution is 5.92. The molecular weight excluding hydrogens is 292 g/mol. The van der Waals surface area contributed by atoms with Crippen molar-refractivity contribution in [1.29, 1.82) is 0 Å². The van der Waals surface area contributed by atoms with Gasteiger partial charge in [0.15, 0.2) is 0 Å². The zero-order valence-corrected chi connectivity index (χ0v) is 12.6. The first-order valence-electron chi connectivity index (χ1n) is 7.16. The highest BCUT2D eigenvalue weighted by Gasteiger charge is 2.14. The van der Waals surface area contributed by atoms with E-state index >= 15 is 0 Å². The highest BCUT2D eigenvalue weighted by atomic mass is 16.5. The normalized spacial score (nSPS) is 10.5. The summed E-state index contributed by atoms with van der Waals surface area (Å²) in [6.07, 6.45) is 3.54. The lowest BCUT2D eigenvalue weighted by molar-refractivity contribution is 0.0692. The number of benzene rings is 2. The molecule has 0 radical (unpaired) electrons. The van der Waals surface area contributed by atoms with Gasteiger partial charge in [0.05, 0.1) is 6.20 Å². The number of carboxylic acid groups (broad SMARTS) is 1. The van der Waals surface area contributed by atoms with Crippen molar-refractivity contribution in [3.63, 3.8) is 0 Å². The molecule has 0 bridgehead atoms. The number of rotatable bonds is 5. The molecule has 0 saturated carbocycles. The van der Waals surface area contributed by atoms with Gasteiger partial charge in [0.25, 0.3) is 0 Å². The summed E-state index contributed by atoms with van der Waals surface area (Å²) in [6.45, 7) is 0.327. The Bertz CT molecular complexity index is 825. The molecule has 0 aliphatic heterocycles. The molecule has 5 nitrogen and oxygen atoms in total. The van der Waals surface area contributed by atoms with Crippen molar-refractivity contribution in [3.05, 3.63) is 72.1 Å². The fraction of sp³-hybridized carbons (Fsp3) is 0.111. The number of aromatic nitrogens is 2. The number of ether oxygens (including phenoxy) is 1. The zero-order chi connectivity index (χ0) is 16.2. The summed E-state index contributed by atoms with van der Waals surface area (Å²) >= 11 is 0. The molecule has 3 aromatic rings. The predicted molar refractivity (Wildman–Crippen MR) is 86.4 cm³/mol. The number of hydrogen-bond donors (Lipinski definition) is 1. The number of carboxylic acids is 1. The third-order valence-corrected chi connectivity index (χ3v) is 3.49. The van der Waals surface area contributed by atoms with Crippen LogP contribution >= 0.6 is 0 Å². The van der Waals surface area contributed by atoms with E-state index in [1.54, 1.807) is 23.0 Å². The molecule has 0 aliphatic rings. The number of aryl methyl sites for hydroxylation is 1. The van der Waals surface area contributed by atoms with Crippen LogP contribution in [0.4, 0.5) is 0 Å². The van der Waals surface area contributed by atoms with Crippen LogP contribution in [0, 0.1) is 0 Å². The molecule has 0 amide bonds. The zero-order valence-electron chi connectivity index (χ0n) is 12.6. The Morgan fingerprint density at radius 1 is 1.17 bits per heavy atom. The van der Waals surface area contributed by atoms with Crippen LogP contribution in [0.15, 0.2) is 60.9 Å². The maximum atomic E-state index is 11.5. The van der Waals surface area contributed by atoms with Crippen LogP contribution in [0.25, 0.3) is 11.1 Å². The van der Waals surface area contributed by atoms with Gasteiger partial charge in [0.2, 0.25) is 0 Å². The summed E-state index contributed by atoms with van der Waals surface area (Å²) < 4.78 is 7.36. The van der Waals surface area contributed by atoms with Gasteiger partial charge >= 0.3 is 5.97 Å². The molecule has 116 valence electrons. The van der Waals surface area contributed by atoms with Crippen LogP contribution in [0.1, 0.15) is 15.9 Å². The summed E-state index contributed by atoms with van der Waals surface area (Å²) in [5.74, 6) is -0.659. The molecule has 0 aliphatic carbocycles. The fourth-order valence-electron chi connectivity index (χ4n) is 2.31. The Morgan fingerprint density at radius 2 is 1.96 bits per heavy atom. The second-order valence-electron chi connectivity index (χ2n) is 5.19. The Hall–Kier alpha value is -3.08. The molecule has 0 unspecified atom stereocenters. The van der Waals surface area contributed by atoms with Gasteiger partial charge < -0.3 is 9.84 Å². The molecule has 1 aromatic heterocycles. The smallest absolute Gasteiger partial charge is 0.339 e. The second kappa shape index (κ2) is 6.36. The SMILES string of the molecule is Cn1cc(-c2ccc(OCc3ccccc3)c(C(=O)O)c2)cn1. The molecule has 1 N–H and O–H groups in total. The molecule has 5 heteroatoms. The number of carbonyl (C=O) groups is 1. The van der Waals surface area contributed by atoms with Gasteiger partial charge in [-0.2, -0.15) is 5.10 Å². The highest BCUT2D eigenvalue weighted by Crippen LogP contribution is 2.27. The standard InChI is InChI=1S/C18H16N2O3/c1-20-11-15(10-19-20)14-7-8-17(16(9-14)18(21)22)23-12-13-5-3-2-4-6-13/h2-11H,12H2,1H3,(H,21,22). The van der Waals surface area contributed by atoms with Gasteiger partial charge in [0.1, 0.15) is 17.9 Å². The van der Waals surface area contributed by atoms with Crippen molar-refractivity contribution >= 4 is 5.97 Å². The first kappa shape index (κ1) is 14.8. The lowest BCUT2D eigenvalue weighted by atomic mass is 10.1. The van der Waals surface area contributed by atoms with Crippen molar-refractivity contribution in [2.24, 2.45) is 7.05 Å². The number of nitrogens with zero attached hydrogens (tertiary/aromatic N) is 2. The summed E-state index contributed by atoms with van der Waals surface area (Å²) in [6, 6.07) is 14.8. The number of hydrogen-bond acceptors (Lipinski definition) is 3. The minimum absolute atomic E-state index is 0.141. The minimum atomic E-state index is -1.01. The van der Waals surface area contributed by atoms with E-state index in [9.17, 15) is 9.90 Å². The van der Waals surface area contributed by atoms with Gasteiger partial charge in [-0.15, -0.1) is 0 Å². The van der Waals surface area contributed by atoms with E-state index in [4.69, 9.17) is 4.74 Å². The summed E-state index contributed by atoms with van der Waals surface area (Å²) in [7, 11) is 1.82. The van der Waals surface area contributed by atoms with E-state index in [0.29, 0.717) is 12.4 Å².